The van der Waals surface area contributed by atoms with Crippen molar-refractivity contribution in [3.63, 3.8) is 0 Å². The summed E-state index contributed by atoms with van der Waals surface area (Å²) in [5.74, 6) is -2.90. The Kier molecular flexibility index (Phi) is 3.25. The van der Waals surface area contributed by atoms with Crippen LogP contribution in [0.5, 0.6) is 0 Å². The van der Waals surface area contributed by atoms with Gasteiger partial charge in [-0.3, -0.25) is 9.69 Å². The third kappa shape index (κ3) is 2.31. The van der Waals surface area contributed by atoms with Gasteiger partial charge in [-0.05, 0) is 6.07 Å². The van der Waals surface area contributed by atoms with Crippen LogP contribution >= 0.6 is 0 Å². The van der Waals surface area contributed by atoms with Gasteiger partial charge in [0.1, 0.15) is 6.26 Å². The van der Waals surface area contributed by atoms with E-state index in [-0.39, 0.29) is 31.5 Å². The fourth-order valence-electron chi connectivity index (χ4n) is 2.92. The fraction of sp³-hybridized carbons (Fsp3) is 0.615. The van der Waals surface area contributed by atoms with E-state index in [9.17, 15) is 18.7 Å². The molecule has 110 valence electrons. The lowest BCUT2D eigenvalue weighted by molar-refractivity contribution is -0.0125. The number of nitrogens with zero attached hydrogens (tertiary/aromatic N) is 2. The van der Waals surface area contributed by atoms with Crippen LogP contribution in [0.2, 0.25) is 0 Å². The van der Waals surface area contributed by atoms with E-state index in [1.54, 1.807) is 15.9 Å². The van der Waals surface area contributed by atoms with Crippen LogP contribution in [0.4, 0.5) is 8.78 Å². The van der Waals surface area contributed by atoms with Crippen LogP contribution in [0.25, 0.3) is 0 Å². The van der Waals surface area contributed by atoms with Crippen molar-refractivity contribution in [2.75, 3.05) is 26.2 Å². The van der Waals surface area contributed by atoms with Gasteiger partial charge >= 0.3 is 0 Å². The number of rotatable bonds is 3. The lowest BCUT2D eigenvalue weighted by atomic mass is 10.0. The van der Waals surface area contributed by atoms with Gasteiger partial charge < -0.3 is 14.4 Å². The standard InChI is InChI=1S/C13H16F2N2O3/c14-13(15)3-10(6-18)17(8-13)11-4-16(5-11)12(19)9-1-2-20-7-9/h1-2,7,10-11,18H,3-6,8H2/t10-/m0/s1. The van der Waals surface area contributed by atoms with Crippen molar-refractivity contribution in [1.29, 1.82) is 0 Å². The lowest BCUT2D eigenvalue weighted by Crippen LogP contribution is -2.62. The number of carbonyl (C=O) groups is 1. The molecule has 2 saturated heterocycles. The van der Waals surface area contributed by atoms with E-state index in [1.165, 1.54) is 12.5 Å². The molecule has 0 aromatic carbocycles. The zero-order valence-corrected chi connectivity index (χ0v) is 10.8. The van der Waals surface area contributed by atoms with E-state index in [0.717, 1.165) is 0 Å². The van der Waals surface area contributed by atoms with Gasteiger partial charge in [0.05, 0.1) is 25.0 Å². The Labute approximate surface area is 114 Å². The summed E-state index contributed by atoms with van der Waals surface area (Å²) in [5.41, 5.74) is 0.467. The molecule has 20 heavy (non-hydrogen) atoms. The molecule has 0 saturated carbocycles. The second kappa shape index (κ2) is 4.82. The Hall–Kier alpha value is -1.47. The Bertz CT molecular complexity index is 486. The third-order valence-electron chi connectivity index (χ3n) is 4.01. The number of aliphatic hydroxyl groups is 1. The van der Waals surface area contributed by atoms with Gasteiger partial charge in [0.15, 0.2) is 0 Å². The summed E-state index contributed by atoms with van der Waals surface area (Å²) in [4.78, 5) is 15.2. The Morgan fingerprint density at radius 3 is 2.85 bits per heavy atom. The molecular weight excluding hydrogens is 270 g/mol. The predicted octanol–water partition coefficient (Wildman–Crippen LogP) is 0.806. The Balaban J connectivity index is 1.59. The summed E-state index contributed by atoms with van der Waals surface area (Å²) in [6, 6.07) is 0.966. The summed E-state index contributed by atoms with van der Waals surface area (Å²) < 4.78 is 31.6. The number of furan rings is 1. The first-order chi connectivity index (χ1) is 9.50. The number of hydrogen-bond acceptors (Lipinski definition) is 4. The lowest BCUT2D eigenvalue weighted by Gasteiger charge is -2.45. The van der Waals surface area contributed by atoms with Crippen LogP contribution in [0.1, 0.15) is 16.8 Å². The molecule has 2 fully saturated rings. The van der Waals surface area contributed by atoms with Crippen LogP contribution < -0.4 is 0 Å². The molecule has 3 heterocycles. The van der Waals surface area contributed by atoms with Crippen molar-refractivity contribution in [2.45, 2.75) is 24.4 Å². The maximum atomic E-state index is 13.4. The molecule has 3 rings (SSSR count). The van der Waals surface area contributed by atoms with Crippen LogP contribution in [0, 0.1) is 0 Å². The highest BCUT2D eigenvalue weighted by Crippen LogP contribution is 2.35. The van der Waals surface area contributed by atoms with E-state index >= 15 is 0 Å². The molecule has 1 amide bonds. The van der Waals surface area contributed by atoms with Gasteiger partial charge in [-0.2, -0.15) is 0 Å². The maximum absolute atomic E-state index is 13.4. The third-order valence-corrected chi connectivity index (χ3v) is 4.01. The Morgan fingerprint density at radius 1 is 1.50 bits per heavy atom. The second-order valence-electron chi connectivity index (χ2n) is 5.44. The Morgan fingerprint density at radius 2 is 2.25 bits per heavy atom. The molecule has 1 aromatic rings. The average molecular weight is 286 g/mol. The molecule has 0 spiro atoms. The van der Waals surface area contributed by atoms with Crippen LogP contribution in [0.15, 0.2) is 23.0 Å². The average Bonchev–Trinajstić information content (AvgIpc) is 2.94. The second-order valence-corrected chi connectivity index (χ2v) is 5.44. The van der Waals surface area contributed by atoms with Gasteiger partial charge in [-0.25, -0.2) is 8.78 Å². The van der Waals surface area contributed by atoms with Crippen LogP contribution in [-0.4, -0.2) is 65.1 Å². The van der Waals surface area contributed by atoms with Gasteiger partial charge in [-0.1, -0.05) is 0 Å². The predicted molar refractivity (Wildman–Crippen MR) is 65.5 cm³/mol. The summed E-state index contributed by atoms with van der Waals surface area (Å²) in [6.45, 7) is 0.214. The van der Waals surface area contributed by atoms with Gasteiger partial charge in [0.2, 0.25) is 0 Å². The molecule has 1 N–H and O–H groups in total. The number of likely N-dealkylation sites (tertiary alicyclic amines) is 2. The minimum atomic E-state index is -2.75. The van der Waals surface area contributed by atoms with Gasteiger partial charge in [0, 0.05) is 31.6 Å². The first-order valence-electron chi connectivity index (χ1n) is 6.56. The molecule has 1 atom stereocenters. The van der Waals surface area contributed by atoms with E-state index in [2.05, 4.69) is 0 Å². The SMILES string of the molecule is O=C(c1ccoc1)N1CC(N2CC(F)(F)C[C@H]2CO)C1. The number of hydrogen-bond donors (Lipinski definition) is 1. The van der Waals surface area contributed by atoms with Crippen molar-refractivity contribution < 1.29 is 23.1 Å². The molecule has 2 aliphatic rings. The number of amides is 1. The van der Waals surface area contributed by atoms with E-state index < -0.39 is 12.0 Å². The van der Waals surface area contributed by atoms with Gasteiger partial charge in [0.25, 0.3) is 11.8 Å². The summed E-state index contributed by atoms with van der Waals surface area (Å²) >= 11 is 0. The largest absolute Gasteiger partial charge is 0.472 e. The molecule has 0 unspecified atom stereocenters. The monoisotopic (exact) mass is 286 g/mol. The first kappa shape index (κ1) is 13.5. The number of alkyl halides is 2. The zero-order valence-electron chi connectivity index (χ0n) is 10.8. The molecule has 7 heteroatoms. The highest BCUT2D eigenvalue weighted by Gasteiger charge is 2.49. The van der Waals surface area contributed by atoms with Crippen molar-refractivity contribution in [3.8, 4) is 0 Å². The van der Waals surface area contributed by atoms with Crippen molar-refractivity contribution >= 4 is 5.91 Å². The number of aliphatic hydroxyl groups excluding tert-OH is 1. The van der Waals surface area contributed by atoms with E-state index in [4.69, 9.17) is 4.42 Å². The fourth-order valence-corrected chi connectivity index (χ4v) is 2.92. The normalized spacial score (nSPS) is 26.8. The zero-order chi connectivity index (χ0) is 14.3. The quantitative estimate of drug-likeness (QED) is 0.893. The van der Waals surface area contributed by atoms with E-state index in [1.807, 2.05) is 0 Å². The van der Waals surface area contributed by atoms with Crippen molar-refractivity contribution in [1.82, 2.24) is 9.80 Å². The first-order valence-corrected chi connectivity index (χ1v) is 6.56. The molecular formula is C13H16F2N2O3. The van der Waals surface area contributed by atoms with Crippen LogP contribution in [-0.2, 0) is 0 Å². The molecule has 2 aliphatic heterocycles. The van der Waals surface area contributed by atoms with Crippen molar-refractivity contribution in [3.05, 3.63) is 24.2 Å². The van der Waals surface area contributed by atoms with Crippen molar-refractivity contribution in [2.24, 2.45) is 0 Å². The topological polar surface area (TPSA) is 56.9 Å². The highest BCUT2D eigenvalue weighted by molar-refractivity contribution is 5.94. The molecule has 5 nitrogen and oxygen atoms in total. The number of carbonyl (C=O) groups excluding carboxylic acids is 1. The molecule has 0 aliphatic carbocycles. The smallest absolute Gasteiger partial charge is 0.262 e. The summed E-state index contributed by atoms with van der Waals surface area (Å²) in [7, 11) is 0. The minimum absolute atomic E-state index is 0.101. The summed E-state index contributed by atoms with van der Waals surface area (Å²) in [5, 5.41) is 9.19. The van der Waals surface area contributed by atoms with Gasteiger partial charge in [-0.15, -0.1) is 0 Å². The highest BCUT2D eigenvalue weighted by atomic mass is 19.3. The molecule has 0 bridgehead atoms. The molecule has 0 radical (unpaired) electrons. The minimum Gasteiger partial charge on any atom is -0.472 e. The number of halogens is 2. The van der Waals surface area contributed by atoms with E-state index in [0.29, 0.717) is 18.7 Å². The summed E-state index contributed by atoms with van der Waals surface area (Å²) in [6.07, 6.45) is 2.49. The van der Waals surface area contributed by atoms with Crippen LogP contribution in [0.3, 0.4) is 0 Å². The maximum Gasteiger partial charge on any atom is 0.262 e. The molecule has 1 aromatic heterocycles.